The lowest BCUT2D eigenvalue weighted by molar-refractivity contribution is -0.301. The molecule has 0 atom stereocenters. The molecule has 0 bridgehead atoms. The van der Waals surface area contributed by atoms with E-state index in [0.29, 0.717) is 0 Å². The first-order chi connectivity index (χ1) is 10.6. The Morgan fingerprint density at radius 1 is 0.864 bits per heavy atom. The molecule has 2 aromatic carbocycles. The van der Waals surface area contributed by atoms with E-state index >= 15 is 0 Å². The molecule has 0 aliphatic carbocycles. The molecule has 5 nitrogen and oxygen atoms in total. The average molecular weight is 319 g/mol. The zero-order valence-corrected chi connectivity index (χ0v) is 12.8. The van der Waals surface area contributed by atoms with Gasteiger partial charge in [-0.05, 0) is 11.1 Å². The summed E-state index contributed by atoms with van der Waals surface area (Å²) in [7, 11) is -3.77. The number of hydrogen-bond acceptors (Lipinski definition) is 5. The van der Waals surface area contributed by atoms with Gasteiger partial charge in [0.25, 0.3) is 0 Å². The van der Waals surface area contributed by atoms with Crippen molar-refractivity contribution in [3.05, 3.63) is 71.8 Å². The molecular formula is C16H16O5P-. The maximum Gasteiger partial charge on any atom is 0.336 e. The third-order valence-electron chi connectivity index (χ3n) is 2.86. The van der Waals surface area contributed by atoms with Crippen LogP contribution >= 0.6 is 7.60 Å². The first-order valence-electron chi connectivity index (χ1n) is 6.73. The van der Waals surface area contributed by atoms with Crippen LogP contribution in [0.15, 0.2) is 60.7 Å². The summed E-state index contributed by atoms with van der Waals surface area (Å²) >= 11 is 0. The molecule has 6 heteroatoms. The molecule has 0 saturated carbocycles. The van der Waals surface area contributed by atoms with E-state index in [1.165, 1.54) is 0 Å². The maximum atomic E-state index is 12.5. The highest BCUT2D eigenvalue weighted by Crippen LogP contribution is 2.49. The van der Waals surface area contributed by atoms with Crippen LogP contribution in [-0.4, -0.2) is 12.1 Å². The minimum Gasteiger partial charge on any atom is -0.549 e. The molecule has 2 rings (SSSR count). The van der Waals surface area contributed by atoms with Gasteiger partial charge >= 0.3 is 7.60 Å². The Balaban J connectivity index is 2.00. The molecule has 2 aromatic rings. The number of benzene rings is 2. The third kappa shape index (κ3) is 5.45. The zero-order valence-electron chi connectivity index (χ0n) is 11.9. The molecule has 0 amide bonds. The van der Waals surface area contributed by atoms with Crippen LogP contribution in [0.1, 0.15) is 11.1 Å². The van der Waals surface area contributed by atoms with Crippen LogP contribution in [0.5, 0.6) is 0 Å². The lowest BCUT2D eigenvalue weighted by Crippen LogP contribution is -2.27. The predicted octanol–water partition coefficient (Wildman–Crippen LogP) is 2.36. The second-order valence-electron chi connectivity index (χ2n) is 4.66. The van der Waals surface area contributed by atoms with Crippen molar-refractivity contribution in [2.75, 3.05) is 6.16 Å². The van der Waals surface area contributed by atoms with E-state index in [4.69, 9.17) is 9.05 Å². The van der Waals surface area contributed by atoms with Crippen LogP contribution in [0.3, 0.4) is 0 Å². The van der Waals surface area contributed by atoms with E-state index in [2.05, 4.69) is 0 Å². The Labute approximate surface area is 129 Å². The first-order valence-corrected chi connectivity index (χ1v) is 8.46. The topological polar surface area (TPSA) is 75.7 Å². The van der Waals surface area contributed by atoms with E-state index < -0.39 is 19.7 Å². The molecule has 0 aliphatic heterocycles. The quantitative estimate of drug-likeness (QED) is 0.698. The molecule has 0 heterocycles. The Morgan fingerprint density at radius 3 is 1.64 bits per heavy atom. The Kier molecular flexibility index (Phi) is 5.90. The van der Waals surface area contributed by atoms with Crippen molar-refractivity contribution < 1.29 is 23.5 Å². The van der Waals surface area contributed by atoms with Gasteiger partial charge in [0.15, 0.2) is 0 Å². The summed E-state index contributed by atoms with van der Waals surface area (Å²) in [4.78, 5) is 10.8. The van der Waals surface area contributed by atoms with Crippen molar-refractivity contribution in [3.8, 4) is 0 Å². The van der Waals surface area contributed by atoms with Crippen LogP contribution in [0.2, 0.25) is 0 Å². The minimum absolute atomic E-state index is 0.0141. The molecule has 0 fully saturated rings. The Morgan fingerprint density at radius 2 is 1.27 bits per heavy atom. The van der Waals surface area contributed by atoms with Crippen molar-refractivity contribution in [2.24, 2.45) is 0 Å². The molecule has 0 aromatic heterocycles. The van der Waals surface area contributed by atoms with E-state index in [1.807, 2.05) is 36.4 Å². The van der Waals surface area contributed by atoms with Gasteiger partial charge in [-0.25, -0.2) is 0 Å². The summed E-state index contributed by atoms with van der Waals surface area (Å²) in [6, 6.07) is 18.1. The largest absolute Gasteiger partial charge is 0.549 e. The number of aliphatic carboxylic acids is 1. The van der Waals surface area contributed by atoms with Gasteiger partial charge in [0, 0.05) is 0 Å². The first kappa shape index (κ1) is 16.4. The van der Waals surface area contributed by atoms with Gasteiger partial charge in [0.05, 0.1) is 25.3 Å². The number of carboxylic acid groups (broad SMARTS) is 1. The molecular weight excluding hydrogens is 303 g/mol. The van der Waals surface area contributed by atoms with Gasteiger partial charge in [-0.2, -0.15) is 0 Å². The van der Waals surface area contributed by atoms with Crippen molar-refractivity contribution in [1.82, 2.24) is 0 Å². The number of rotatable bonds is 8. The SMILES string of the molecule is O=C([O-])CP(=O)(OCc1ccccc1)OCc1ccccc1. The highest BCUT2D eigenvalue weighted by molar-refractivity contribution is 7.54. The fraction of sp³-hybridized carbons (Fsp3) is 0.188. The fourth-order valence-electron chi connectivity index (χ4n) is 1.78. The van der Waals surface area contributed by atoms with Crippen molar-refractivity contribution in [2.45, 2.75) is 13.2 Å². The monoisotopic (exact) mass is 319 g/mol. The van der Waals surface area contributed by atoms with Crippen LogP contribution in [-0.2, 0) is 31.6 Å². The van der Waals surface area contributed by atoms with Crippen molar-refractivity contribution in [3.63, 3.8) is 0 Å². The molecule has 0 unspecified atom stereocenters. The van der Waals surface area contributed by atoms with Gasteiger partial charge in [-0.1, -0.05) is 60.7 Å². The highest BCUT2D eigenvalue weighted by atomic mass is 31.2. The van der Waals surface area contributed by atoms with Gasteiger partial charge < -0.3 is 18.9 Å². The van der Waals surface area contributed by atoms with Crippen LogP contribution in [0.25, 0.3) is 0 Å². The predicted molar refractivity (Wildman–Crippen MR) is 79.9 cm³/mol. The lowest BCUT2D eigenvalue weighted by atomic mass is 10.2. The lowest BCUT2D eigenvalue weighted by Gasteiger charge is -2.19. The molecule has 116 valence electrons. The van der Waals surface area contributed by atoms with Crippen LogP contribution in [0.4, 0.5) is 0 Å². The smallest absolute Gasteiger partial charge is 0.336 e. The van der Waals surface area contributed by atoms with E-state index in [-0.39, 0.29) is 13.2 Å². The van der Waals surface area contributed by atoms with E-state index in [9.17, 15) is 14.5 Å². The molecule has 0 N–H and O–H groups in total. The second kappa shape index (κ2) is 7.90. The standard InChI is InChI=1S/C16H17O5P/c17-16(18)13-22(19,20-11-14-7-3-1-4-8-14)21-12-15-9-5-2-6-10-15/h1-10H,11-13H2,(H,17,18)/p-1. The van der Waals surface area contributed by atoms with Crippen LogP contribution in [0, 0.1) is 0 Å². The maximum absolute atomic E-state index is 12.5. The summed E-state index contributed by atoms with van der Waals surface area (Å²) in [5, 5.41) is 10.8. The minimum atomic E-state index is -3.77. The van der Waals surface area contributed by atoms with E-state index in [0.717, 1.165) is 11.1 Å². The summed E-state index contributed by atoms with van der Waals surface area (Å²) in [5.74, 6) is -1.47. The Bertz CT molecular complexity index is 595. The summed E-state index contributed by atoms with van der Waals surface area (Å²) in [5.41, 5.74) is 1.56. The summed E-state index contributed by atoms with van der Waals surface area (Å²) in [6.07, 6.45) is -0.771. The number of carboxylic acids is 1. The molecule has 22 heavy (non-hydrogen) atoms. The number of carbonyl (C=O) groups excluding carboxylic acids is 1. The molecule has 0 spiro atoms. The summed E-state index contributed by atoms with van der Waals surface area (Å²) < 4.78 is 23.0. The van der Waals surface area contributed by atoms with Crippen molar-refractivity contribution >= 4 is 13.6 Å². The molecule has 0 radical (unpaired) electrons. The van der Waals surface area contributed by atoms with Gasteiger partial charge in [-0.3, -0.25) is 4.57 Å². The Hall–Kier alpha value is -1.94. The zero-order chi connectivity index (χ0) is 15.8. The van der Waals surface area contributed by atoms with Crippen LogP contribution < -0.4 is 5.11 Å². The number of hydrogen-bond donors (Lipinski definition) is 0. The van der Waals surface area contributed by atoms with Gasteiger partial charge in [0.1, 0.15) is 0 Å². The van der Waals surface area contributed by atoms with E-state index in [1.54, 1.807) is 24.3 Å². The molecule has 0 saturated heterocycles. The van der Waals surface area contributed by atoms with Crippen molar-refractivity contribution in [1.29, 1.82) is 0 Å². The highest BCUT2D eigenvalue weighted by Gasteiger charge is 2.25. The van der Waals surface area contributed by atoms with Gasteiger partial charge in [0.2, 0.25) is 0 Å². The normalized spacial score (nSPS) is 11.3. The fourth-order valence-corrected chi connectivity index (χ4v) is 3.05. The number of carbonyl (C=O) groups is 1. The second-order valence-corrected chi connectivity index (χ2v) is 6.71. The average Bonchev–Trinajstić information content (AvgIpc) is 2.53. The summed E-state index contributed by atoms with van der Waals surface area (Å²) in [6.45, 7) is 0.0281. The third-order valence-corrected chi connectivity index (χ3v) is 4.55. The van der Waals surface area contributed by atoms with Gasteiger partial charge in [-0.15, -0.1) is 0 Å². The molecule has 0 aliphatic rings.